The van der Waals surface area contributed by atoms with E-state index in [4.69, 9.17) is 89.0 Å². The number of thiocarbonyl (C=S) groups is 2. The van der Waals surface area contributed by atoms with Gasteiger partial charge in [-0.2, -0.15) is 0 Å². The molecule has 0 saturated carbocycles. The molecule has 3 heterocycles. The lowest BCUT2D eigenvalue weighted by Crippen LogP contribution is -2.60. The number of pyridine rings is 1. The molecule has 11 rings (SSSR count). The van der Waals surface area contributed by atoms with Crippen LogP contribution in [0, 0.1) is 0 Å². The van der Waals surface area contributed by atoms with Crippen molar-refractivity contribution in [3.05, 3.63) is 182 Å². The third-order valence-corrected chi connectivity index (χ3v) is 24.3. The molecule has 7 atom stereocenters. The van der Waals surface area contributed by atoms with Gasteiger partial charge in [-0.3, -0.25) is 48.5 Å². The predicted octanol–water partition coefficient (Wildman–Crippen LogP) is 9.75. The van der Waals surface area contributed by atoms with E-state index >= 15 is 14.4 Å². The van der Waals surface area contributed by atoms with Gasteiger partial charge in [0.25, 0.3) is 0 Å². The summed E-state index contributed by atoms with van der Waals surface area (Å²) < 4.78 is 17.6. The van der Waals surface area contributed by atoms with Gasteiger partial charge in [-0.05, 0) is 299 Å². The van der Waals surface area contributed by atoms with Crippen molar-refractivity contribution in [3.63, 3.8) is 0 Å². The molecule has 7 aromatic rings. The number of anilines is 3. The molecule has 726 valence electrons. The Morgan fingerprint density at radius 3 is 1.20 bits per heavy atom. The van der Waals surface area contributed by atoms with Gasteiger partial charge < -0.3 is 122 Å². The van der Waals surface area contributed by atoms with E-state index in [9.17, 15) is 58.8 Å². The fourth-order valence-corrected chi connectivity index (χ4v) is 17.1. The van der Waals surface area contributed by atoms with E-state index in [0.29, 0.717) is 174 Å². The predicted molar refractivity (Wildman–Crippen MR) is 536 cm³/mol. The molecule has 0 radical (unpaired) electrons. The van der Waals surface area contributed by atoms with Gasteiger partial charge in [-0.1, -0.05) is 30.2 Å². The summed E-state index contributed by atoms with van der Waals surface area (Å²) in [5.74, 6) is -7.04. The molecular weight excluding hydrogens is 1820 g/mol. The zero-order valence-electron chi connectivity index (χ0n) is 75.8. The minimum absolute atomic E-state index is 0.0373. The van der Waals surface area contributed by atoms with Crippen molar-refractivity contribution in [3.8, 4) is 62.1 Å². The summed E-state index contributed by atoms with van der Waals surface area (Å²) in [6.07, 6.45) is 5.89. The highest BCUT2D eigenvalue weighted by atomic mass is 35.5. The summed E-state index contributed by atoms with van der Waals surface area (Å²) >= 11 is 17.7. The van der Waals surface area contributed by atoms with Crippen molar-refractivity contribution in [2.45, 2.75) is 177 Å². The fraction of sp³-hybridized carbons (Fsp3) is 0.367. The first-order valence-electron chi connectivity index (χ1n) is 45.7. The molecule has 36 nitrogen and oxygen atoms in total. The summed E-state index contributed by atoms with van der Waals surface area (Å²) in [4.78, 5) is 157. The molecule has 2 aliphatic carbocycles. The zero-order valence-corrected chi connectivity index (χ0v) is 78.2. The third kappa shape index (κ3) is 28.7. The molecule has 0 saturated heterocycles. The first-order chi connectivity index (χ1) is 66.0. The SMILES string of the molecule is COc1ccc2nc3cc(Cl)ccc3c(NCCCCC(NC(CCCCN)C(=O)NC(CCCCN)C(=O)NC(CCCCNC(=S)Nc3ccc(-c4c5ccc(=O)cc-5oc5cc(O)ccc45)c(C(=O)O)c3)C(N)=O)C(=O)NC(CCCCN)C(=O)NC(CCCCN)C(=O)NC(CCCCNC(=S)Nc3ccc(-c4c5ccc(=O)cc-5oc5cc(O)ccc45)c(C(=O)O)c3)C(N)=O)c2c1. The number of nitrogens with one attached hydrogen (secondary N) is 11. The largest absolute Gasteiger partial charge is 0.508 e. The van der Waals surface area contributed by atoms with Crippen LogP contribution in [0.15, 0.2) is 164 Å². The van der Waals surface area contributed by atoms with E-state index < -0.39 is 95.6 Å². The van der Waals surface area contributed by atoms with E-state index in [-0.39, 0.29) is 151 Å². The van der Waals surface area contributed by atoms with E-state index in [1.54, 1.807) is 73.8 Å². The molecule has 27 N–H and O–H groups in total. The Hall–Kier alpha value is -13.7. The van der Waals surface area contributed by atoms with Crippen molar-refractivity contribution in [2.75, 3.05) is 68.9 Å². The number of ether oxygens (including phenoxy) is 1. The molecule has 137 heavy (non-hydrogen) atoms. The third-order valence-electron chi connectivity index (χ3n) is 23.5. The summed E-state index contributed by atoms with van der Waals surface area (Å²) in [7, 11) is 1.56. The van der Waals surface area contributed by atoms with Gasteiger partial charge in [0.1, 0.15) is 70.1 Å². The van der Waals surface area contributed by atoms with Crippen molar-refractivity contribution < 1.29 is 77.1 Å². The van der Waals surface area contributed by atoms with Crippen LogP contribution >= 0.6 is 36.0 Å². The van der Waals surface area contributed by atoms with Crippen LogP contribution in [0.5, 0.6) is 17.2 Å². The second kappa shape index (κ2) is 50.7. The number of carbonyl (C=O) groups is 9. The second-order valence-electron chi connectivity index (χ2n) is 33.5. The van der Waals surface area contributed by atoms with Gasteiger partial charge in [0.05, 0.1) is 47.0 Å². The molecule has 0 fully saturated rings. The first-order valence-corrected chi connectivity index (χ1v) is 46.9. The fourth-order valence-electron chi connectivity index (χ4n) is 16.5. The number of carbonyl (C=O) groups excluding carboxylic acids is 7. The summed E-state index contributed by atoms with van der Waals surface area (Å²) in [6, 6.07) is 28.7. The number of aromatic nitrogens is 1. The maximum atomic E-state index is 15.5. The van der Waals surface area contributed by atoms with Gasteiger partial charge in [0.15, 0.2) is 21.1 Å². The Bertz CT molecular complexity index is 6260. The Balaban J connectivity index is 0.751. The molecule has 39 heteroatoms. The molecule has 6 aromatic carbocycles. The smallest absolute Gasteiger partial charge is 0.336 e. The Labute approximate surface area is 805 Å². The highest BCUT2D eigenvalue weighted by Crippen LogP contribution is 2.45. The zero-order chi connectivity index (χ0) is 98.4. The number of benzene rings is 8. The maximum Gasteiger partial charge on any atom is 0.336 e. The van der Waals surface area contributed by atoms with Crippen LogP contribution in [0.25, 0.3) is 88.6 Å². The highest BCUT2D eigenvalue weighted by Gasteiger charge is 2.36. The van der Waals surface area contributed by atoms with Crippen LogP contribution in [-0.2, 0) is 33.6 Å². The Morgan fingerprint density at radius 2 is 0.788 bits per heavy atom. The van der Waals surface area contributed by atoms with Gasteiger partial charge in [0, 0.05) is 104 Å². The molecule has 4 aliphatic rings. The summed E-state index contributed by atoms with van der Waals surface area (Å²) in [5.41, 5.74) is 40.6. The number of fused-ring (bicyclic) bond motifs is 6. The quantitative estimate of drug-likeness (QED) is 0.00957. The number of nitrogens with two attached hydrogens (primary N) is 6. The van der Waals surface area contributed by atoms with Gasteiger partial charge in [0.2, 0.25) is 41.4 Å². The standard InChI is InChI=1S/C98H117ClN18O18S2/c1-133-61-30-38-72-71(53-61)87(64-31-23-54(99)46-80(64)111-72)106-43-13-8-22-76(112-75(18-2-9-39-100)90(124)115-77(19-3-10-40-101)92(126)113-73(88(104)122)16-6-14-44-107-97(136)109-55-24-32-62(69(47-55)95(129)130)85-65-34-26-57(118)49-81(65)134-82-50-58(119)27-35-66(82)85)91(125)116-79(21-5-12-42-103)94(128)117-78(20-4-11-41-102)93(127)114-74(89(105)123)17-7-15-45-108-98(137)110-56-25-33-63(70(48-56)96(131)132)86-67-36-28-59(120)51-83(67)135-84-52-60(121)29-37-68(84)86/h23-38,46-53,73-79,112,118,120H,2-22,39-45,100-103H2,1H3,(H2,104,122)(H2,105,123)(H,106,111)(H,113,126)(H,114,127)(H,115,124)(H,116,125)(H,117,128)(H,129,130)(H,131,132)(H2,107,109,136)(H2,108,110,137). The average molecular weight is 1930 g/mol. The number of amides is 7. The number of phenols is 2. The van der Waals surface area contributed by atoms with Crippen LogP contribution in [0.3, 0.4) is 0 Å². The van der Waals surface area contributed by atoms with Crippen molar-refractivity contribution in [1.82, 2.24) is 47.5 Å². The van der Waals surface area contributed by atoms with Crippen molar-refractivity contribution >= 4 is 160 Å². The normalized spacial score (nSPS) is 12.9. The minimum Gasteiger partial charge on any atom is -0.508 e. The van der Waals surface area contributed by atoms with E-state index in [1.807, 2.05) is 18.2 Å². The average Bonchev–Trinajstić information content (AvgIpc) is 0.747. The lowest BCUT2D eigenvalue weighted by Gasteiger charge is -2.29. The number of unbranched alkanes of at least 4 members (excludes halogenated alkanes) is 7. The molecule has 7 amide bonds. The van der Waals surface area contributed by atoms with Crippen LogP contribution in [0.4, 0.5) is 17.1 Å². The number of carboxylic acid groups (broad SMARTS) is 2. The Kier molecular flexibility index (Phi) is 38.4. The van der Waals surface area contributed by atoms with Crippen molar-refractivity contribution in [2.24, 2.45) is 34.4 Å². The second-order valence-corrected chi connectivity index (χ2v) is 34.7. The first kappa shape index (κ1) is 104. The summed E-state index contributed by atoms with van der Waals surface area (Å²) in [6.45, 7) is 1.85. The molecular formula is C98H117ClN18O18S2. The molecule has 2 aliphatic heterocycles. The number of hydrogen-bond donors (Lipinski definition) is 21. The molecule has 7 unspecified atom stereocenters. The molecule has 1 aromatic heterocycles. The topological polar surface area (TPSA) is 606 Å². The number of nitrogens with zero attached hydrogens (tertiary/aromatic N) is 1. The number of rotatable bonds is 53. The number of carboxylic acids is 2. The number of methoxy groups -OCH3 is 1. The van der Waals surface area contributed by atoms with E-state index in [2.05, 4.69) is 58.5 Å². The van der Waals surface area contributed by atoms with E-state index in [1.165, 1.54) is 60.7 Å². The number of hydrogen-bond acceptors (Lipinski definition) is 25. The monoisotopic (exact) mass is 1930 g/mol. The van der Waals surface area contributed by atoms with Crippen molar-refractivity contribution in [1.29, 1.82) is 0 Å². The van der Waals surface area contributed by atoms with Crippen LogP contribution in [-0.4, -0.2) is 184 Å². The lowest BCUT2D eigenvalue weighted by atomic mass is 9.90. The van der Waals surface area contributed by atoms with Gasteiger partial charge >= 0.3 is 11.9 Å². The number of halogens is 1. The number of aromatic carboxylic acids is 2. The van der Waals surface area contributed by atoms with E-state index in [0.717, 1.165) is 16.5 Å². The van der Waals surface area contributed by atoms with Crippen LogP contribution < -0.4 is 108 Å². The highest BCUT2D eigenvalue weighted by molar-refractivity contribution is 7.80. The van der Waals surface area contributed by atoms with Gasteiger partial charge in [-0.25, -0.2) is 14.6 Å². The molecule has 0 bridgehead atoms. The summed E-state index contributed by atoms with van der Waals surface area (Å²) in [5, 5.41) is 78.3. The Morgan fingerprint density at radius 1 is 0.409 bits per heavy atom. The molecule has 0 spiro atoms. The van der Waals surface area contributed by atoms with Gasteiger partial charge in [-0.15, -0.1) is 0 Å². The van der Waals surface area contributed by atoms with Crippen LogP contribution in [0.2, 0.25) is 5.02 Å². The number of primary amides is 2. The number of phenolic OH excluding ortho intramolecular Hbond substituents is 2. The van der Waals surface area contributed by atoms with Crippen LogP contribution in [0.1, 0.15) is 156 Å². The lowest BCUT2D eigenvalue weighted by molar-refractivity contribution is -0.134. The maximum absolute atomic E-state index is 15.5. The number of aromatic hydroxyl groups is 2. The minimum atomic E-state index is -1.31.